The highest BCUT2D eigenvalue weighted by molar-refractivity contribution is 7.92. The van der Waals surface area contributed by atoms with Crippen molar-refractivity contribution in [2.45, 2.75) is 31.6 Å². The van der Waals surface area contributed by atoms with Crippen LogP contribution in [0.5, 0.6) is 0 Å². The van der Waals surface area contributed by atoms with E-state index in [0.29, 0.717) is 30.0 Å². The van der Waals surface area contributed by atoms with E-state index in [2.05, 4.69) is 0 Å². The molecule has 0 saturated carbocycles. The molecule has 0 radical (unpaired) electrons. The summed E-state index contributed by atoms with van der Waals surface area (Å²) in [5, 5.41) is 8.80. The lowest BCUT2D eigenvalue weighted by Gasteiger charge is -2.25. The van der Waals surface area contributed by atoms with Gasteiger partial charge in [0.15, 0.2) is 0 Å². The first-order valence-corrected chi connectivity index (χ1v) is 10.5. The maximum Gasteiger partial charge on any atom is 0.264 e. The molecule has 0 aromatic heterocycles. The number of aliphatic hydroxyl groups is 1. The smallest absolute Gasteiger partial charge is 0.264 e. The largest absolute Gasteiger partial charge is 0.396 e. The molecule has 0 amide bonds. The first kappa shape index (κ1) is 20.9. The third kappa shape index (κ3) is 6.08. The van der Waals surface area contributed by atoms with Crippen molar-refractivity contribution in [3.05, 3.63) is 84.0 Å². The minimum absolute atomic E-state index is 0.125. The fourth-order valence-electron chi connectivity index (χ4n) is 2.58. The molecule has 5 heteroatoms. The molecule has 0 fully saturated rings. The average molecular weight is 386 g/mol. The van der Waals surface area contributed by atoms with Crippen LogP contribution in [0, 0.1) is 6.92 Å². The first-order valence-electron chi connectivity index (χ1n) is 9.03. The number of benzene rings is 2. The Hall–Kier alpha value is -2.37. The second kappa shape index (κ2) is 10.1. The topological polar surface area (TPSA) is 57.6 Å². The minimum Gasteiger partial charge on any atom is -0.396 e. The van der Waals surface area contributed by atoms with Crippen LogP contribution in [-0.4, -0.2) is 26.7 Å². The zero-order chi connectivity index (χ0) is 19.7. The molecule has 2 aromatic carbocycles. The number of anilines is 1. The Bertz CT molecular complexity index is 870. The number of para-hydroxylation sites is 1. The van der Waals surface area contributed by atoms with Crippen molar-refractivity contribution in [2.24, 2.45) is 0 Å². The highest BCUT2D eigenvalue weighted by Crippen LogP contribution is 2.24. The second-order valence-corrected chi connectivity index (χ2v) is 8.29. The third-order valence-corrected chi connectivity index (χ3v) is 6.02. The van der Waals surface area contributed by atoms with Crippen LogP contribution < -0.4 is 4.31 Å². The van der Waals surface area contributed by atoms with Gasteiger partial charge in [-0.15, -0.1) is 0 Å². The van der Waals surface area contributed by atoms with E-state index < -0.39 is 10.0 Å². The predicted molar refractivity (Wildman–Crippen MR) is 111 cm³/mol. The van der Waals surface area contributed by atoms with Crippen molar-refractivity contribution in [3.8, 4) is 0 Å². The molecule has 0 heterocycles. The van der Waals surface area contributed by atoms with E-state index in [-0.39, 0.29) is 6.61 Å². The molecule has 0 spiro atoms. The van der Waals surface area contributed by atoms with Gasteiger partial charge in [0.2, 0.25) is 0 Å². The van der Waals surface area contributed by atoms with Crippen LogP contribution in [0.2, 0.25) is 0 Å². The minimum atomic E-state index is -3.64. The van der Waals surface area contributed by atoms with E-state index in [1.807, 2.05) is 74.5 Å². The monoisotopic (exact) mass is 385 g/mol. The van der Waals surface area contributed by atoms with E-state index in [4.69, 9.17) is 5.11 Å². The molecular weight excluding hydrogens is 358 g/mol. The number of aliphatic hydroxyl groups excluding tert-OH is 1. The summed E-state index contributed by atoms with van der Waals surface area (Å²) < 4.78 is 27.9. The van der Waals surface area contributed by atoms with Crippen LogP contribution in [0.4, 0.5) is 5.69 Å². The van der Waals surface area contributed by atoms with Crippen LogP contribution in [0.1, 0.15) is 25.3 Å². The number of aryl methyl sites for hydroxylation is 1. The van der Waals surface area contributed by atoms with Crippen molar-refractivity contribution in [1.29, 1.82) is 0 Å². The van der Waals surface area contributed by atoms with Gasteiger partial charge in [0.05, 0.1) is 10.6 Å². The van der Waals surface area contributed by atoms with Gasteiger partial charge in [-0.25, -0.2) is 8.42 Å². The molecule has 0 saturated heterocycles. The quantitative estimate of drug-likeness (QED) is 0.648. The summed E-state index contributed by atoms with van der Waals surface area (Å²) in [6, 6.07) is 16.1. The number of allylic oxidation sites excluding steroid dienone is 2. The molecule has 0 aliphatic rings. The van der Waals surface area contributed by atoms with Crippen molar-refractivity contribution in [1.82, 2.24) is 0 Å². The molecule has 2 aromatic rings. The van der Waals surface area contributed by atoms with Gasteiger partial charge in [-0.1, -0.05) is 59.7 Å². The fourth-order valence-corrected chi connectivity index (χ4v) is 4.05. The van der Waals surface area contributed by atoms with Crippen molar-refractivity contribution in [2.75, 3.05) is 17.5 Å². The number of hydrogen-bond donors (Lipinski definition) is 1. The second-order valence-electron chi connectivity index (χ2n) is 6.43. The van der Waals surface area contributed by atoms with Gasteiger partial charge >= 0.3 is 0 Å². The van der Waals surface area contributed by atoms with Crippen LogP contribution in [-0.2, 0) is 10.0 Å². The van der Waals surface area contributed by atoms with E-state index in [1.54, 1.807) is 12.1 Å². The number of hydrogen-bond acceptors (Lipinski definition) is 3. The van der Waals surface area contributed by atoms with Crippen LogP contribution in [0.25, 0.3) is 0 Å². The molecule has 0 unspecified atom stereocenters. The van der Waals surface area contributed by atoms with Crippen LogP contribution >= 0.6 is 0 Å². The number of nitrogens with zero attached hydrogens (tertiary/aromatic N) is 1. The van der Waals surface area contributed by atoms with Gasteiger partial charge in [0, 0.05) is 13.2 Å². The maximum absolute atomic E-state index is 13.2. The Balaban J connectivity index is 2.26. The van der Waals surface area contributed by atoms with E-state index in [9.17, 15) is 8.42 Å². The van der Waals surface area contributed by atoms with Gasteiger partial charge in [-0.2, -0.15) is 0 Å². The molecule has 27 heavy (non-hydrogen) atoms. The summed E-state index contributed by atoms with van der Waals surface area (Å²) in [6.45, 7) is 4.39. The average Bonchev–Trinajstić information content (AvgIpc) is 2.66. The Morgan fingerprint density at radius 1 is 1.07 bits per heavy atom. The fraction of sp³-hybridized carbons (Fsp3) is 0.273. The summed E-state index contributed by atoms with van der Waals surface area (Å²) >= 11 is 0. The summed E-state index contributed by atoms with van der Waals surface area (Å²) in [5.74, 6) is 0. The Labute approximate surface area is 162 Å². The lowest BCUT2D eigenvalue weighted by molar-refractivity contribution is 0.302. The van der Waals surface area contributed by atoms with E-state index >= 15 is 0 Å². The van der Waals surface area contributed by atoms with Gasteiger partial charge in [0.1, 0.15) is 0 Å². The Morgan fingerprint density at radius 2 is 1.74 bits per heavy atom. The maximum atomic E-state index is 13.2. The molecule has 4 nitrogen and oxygen atoms in total. The lowest BCUT2D eigenvalue weighted by Crippen LogP contribution is -2.32. The summed E-state index contributed by atoms with van der Waals surface area (Å²) in [6.07, 6.45) is 6.97. The molecule has 0 aliphatic heterocycles. The molecule has 0 aliphatic carbocycles. The third-order valence-electron chi connectivity index (χ3n) is 4.17. The van der Waals surface area contributed by atoms with Crippen molar-refractivity contribution >= 4 is 15.7 Å². The highest BCUT2D eigenvalue weighted by Gasteiger charge is 2.24. The summed E-state index contributed by atoms with van der Waals surface area (Å²) in [4.78, 5) is 0.293. The SMILES string of the molecule is C/C(=C\C=C\CCO)CCN(c1ccccc1)S(=O)(=O)c1ccc(C)cc1. The summed E-state index contributed by atoms with van der Waals surface area (Å²) in [5.41, 5.74) is 2.75. The van der Waals surface area contributed by atoms with Gasteiger partial charge < -0.3 is 5.11 Å². The Morgan fingerprint density at radius 3 is 2.37 bits per heavy atom. The van der Waals surface area contributed by atoms with Crippen LogP contribution in [0.15, 0.2) is 83.3 Å². The molecule has 2 rings (SSSR count). The molecule has 0 bridgehead atoms. The summed E-state index contributed by atoms with van der Waals surface area (Å²) in [7, 11) is -3.64. The zero-order valence-corrected chi connectivity index (χ0v) is 16.7. The predicted octanol–water partition coefficient (Wildman–Crippen LogP) is 4.47. The molecular formula is C22H27NO3S. The zero-order valence-electron chi connectivity index (χ0n) is 15.9. The Kier molecular flexibility index (Phi) is 7.82. The molecule has 144 valence electrons. The van der Waals surface area contributed by atoms with Gasteiger partial charge in [-0.3, -0.25) is 4.31 Å². The van der Waals surface area contributed by atoms with E-state index in [1.165, 1.54) is 4.31 Å². The van der Waals surface area contributed by atoms with Crippen molar-refractivity contribution in [3.63, 3.8) is 0 Å². The molecule has 0 atom stereocenters. The highest BCUT2D eigenvalue weighted by atomic mass is 32.2. The van der Waals surface area contributed by atoms with Crippen molar-refractivity contribution < 1.29 is 13.5 Å². The normalized spacial score (nSPS) is 12.5. The first-order chi connectivity index (χ1) is 12.9. The lowest BCUT2D eigenvalue weighted by atomic mass is 10.2. The van der Waals surface area contributed by atoms with Gasteiger partial charge in [0.25, 0.3) is 10.0 Å². The molecule has 1 N–H and O–H groups in total. The van der Waals surface area contributed by atoms with Gasteiger partial charge in [-0.05, 0) is 51.0 Å². The standard InChI is InChI=1S/C22H27NO3S/c1-19(9-5-4-8-18-24)16-17-23(21-10-6-3-7-11-21)27(25,26)22-14-12-20(2)13-15-22/h3-7,9-15,24H,8,16-18H2,1-2H3/b5-4+,19-9+. The number of sulfonamides is 1. The van der Waals surface area contributed by atoms with E-state index in [0.717, 1.165) is 11.1 Å². The number of rotatable bonds is 9. The van der Waals surface area contributed by atoms with Crippen LogP contribution in [0.3, 0.4) is 0 Å².